The number of amides is 1. The molecule has 2 heterocycles. The van der Waals surface area contributed by atoms with Gasteiger partial charge in [-0.1, -0.05) is 0 Å². The van der Waals surface area contributed by atoms with Crippen LogP contribution in [-0.2, 0) is 16.1 Å². The summed E-state index contributed by atoms with van der Waals surface area (Å²) in [6.07, 6.45) is 1.58. The number of ether oxygens (including phenoxy) is 1. The van der Waals surface area contributed by atoms with E-state index in [0.717, 1.165) is 51.7 Å². The molecule has 0 radical (unpaired) electrons. The average molecular weight is 337 g/mol. The number of carbonyl (C=O) groups is 1. The number of nitrogens with zero attached hydrogens (tertiary/aromatic N) is 2. The van der Waals surface area contributed by atoms with Gasteiger partial charge in [-0.05, 0) is 19.1 Å². The molecule has 1 aliphatic heterocycles. The summed E-state index contributed by atoms with van der Waals surface area (Å²) in [4.78, 5) is 18.5. The number of nitrogens with one attached hydrogen (secondary N) is 3. The SMILES string of the molecule is CCNC(=NCC(=O)NCc1ccco1)NCCN1CCOCC1. The van der Waals surface area contributed by atoms with E-state index in [1.54, 1.807) is 12.3 Å². The molecule has 1 aromatic rings. The van der Waals surface area contributed by atoms with Crippen molar-refractivity contribution < 1.29 is 13.9 Å². The van der Waals surface area contributed by atoms with Gasteiger partial charge in [-0.2, -0.15) is 0 Å². The second-order valence-corrected chi connectivity index (χ2v) is 5.43. The lowest BCUT2D eigenvalue weighted by Crippen LogP contribution is -2.44. The Hall–Kier alpha value is -2.06. The molecular weight excluding hydrogens is 310 g/mol. The number of guanidine groups is 1. The van der Waals surface area contributed by atoms with Gasteiger partial charge in [-0.3, -0.25) is 9.69 Å². The fourth-order valence-electron chi connectivity index (χ4n) is 2.30. The van der Waals surface area contributed by atoms with E-state index in [9.17, 15) is 4.79 Å². The van der Waals surface area contributed by atoms with Crippen LogP contribution in [0.25, 0.3) is 0 Å². The van der Waals surface area contributed by atoms with E-state index in [1.165, 1.54) is 0 Å². The lowest BCUT2D eigenvalue weighted by atomic mass is 10.4. The molecule has 0 bridgehead atoms. The number of carbonyl (C=O) groups excluding carboxylic acids is 1. The molecule has 1 aromatic heterocycles. The van der Waals surface area contributed by atoms with Crippen molar-refractivity contribution >= 4 is 11.9 Å². The maximum Gasteiger partial charge on any atom is 0.242 e. The van der Waals surface area contributed by atoms with E-state index < -0.39 is 0 Å². The van der Waals surface area contributed by atoms with Gasteiger partial charge in [0.25, 0.3) is 0 Å². The number of hydrogen-bond donors (Lipinski definition) is 3. The van der Waals surface area contributed by atoms with Gasteiger partial charge in [0.15, 0.2) is 5.96 Å². The van der Waals surface area contributed by atoms with E-state index in [2.05, 4.69) is 25.8 Å². The van der Waals surface area contributed by atoms with E-state index in [1.807, 2.05) is 13.0 Å². The zero-order valence-corrected chi connectivity index (χ0v) is 14.2. The highest BCUT2D eigenvalue weighted by Gasteiger charge is 2.09. The third kappa shape index (κ3) is 7.01. The Morgan fingerprint density at radius 2 is 2.12 bits per heavy atom. The number of rotatable bonds is 8. The monoisotopic (exact) mass is 337 g/mol. The van der Waals surface area contributed by atoms with Crippen molar-refractivity contribution in [2.75, 3.05) is 52.5 Å². The molecule has 1 amide bonds. The van der Waals surface area contributed by atoms with Crippen molar-refractivity contribution in [1.29, 1.82) is 0 Å². The fourth-order valence-corrected chi connectivity index (χ4v) is 2.30. The van der Waals surface area contributed by atoms with E-state index in [-0.39, 0.29) is 12.5 Å². The first-order chi connectivity index (χ1) is 11.8. The van der Waals surface area contributed by atoms with Crippen LogP contribution in [0.3, 0.4) is 0 Å². The first-order valence-electron chi connectivity index (χ1n) is 8.39. The van der Waals surface area contributed by atoms with E-state index in [4.69, 9.17) is 9.15 Å². The molecule has 3 N–H and O–H groups in total. The molecule has 0 atom stereocenters. The zero-order chi connectivity index (χ0) is 17.0. The van der Waals surface area contributed by atoms with Crippen LogP contribution in [0.2, 0.25) is 0 Å². The molecule has 0 saturated carbocycles. The first kappa shape index (κ1) is 18.3. The molecular formula is C16H27N5O3. The highest BCUT2D eigenvalue weighted by Crippen LogP contribution is 1.98. The number of furan rings is 1. The maximum atomic E-state index is 11.8. The van der Waals surface area contributed by atoms with Gasteiger partial charge in [-0.15, -0.1) is 0 Å². The van der Waals surface area contributed by atoms with Crippen molar-refractivity contribution in [3.05, 3.63) is 24.2 Å². The summed E-state index contributed by atoms with van der Waals surface area (Å²) < 4.78 is 10.5. The minimum absolute atomic E-state index is 0.0770. The number of morpholine rings is 1. The van der Waals surface area contributed by atoms with Gasteiger partial charge in [0.05, 0.1) is 26.0 Å². The van der Waals surface area contributed by atoms with Gasteiger partial charge in [-0.25, -0.2) is 4.99 Å². The van der Waals surface area contributed by atoms with Crippen LogP contribution in [-0.4, -0.2) is 69.2 Å². The quantitative estimate of drug-likeness (QED) is 0.449. The standard InChI is InChI=1S/C16H27N5O3/c1-2-17-16(18-5-6-21-7-10-23-11-8-21)20-13-15(22)19-12-14-4-3-9-24-14/h3-4,9H,2,5-8,10-13H2,1H3,(H,19,22)(H2,17,18,20). The van der Waals surface area contributed by atoms with Gasteiger partial charge in [0.2, 0.25) is 5.91 Å². The largest absolute Gasteiger partial charge is 0.467 e. The van der Waals surface area contributed by atoms with Crippen molar-refractivity contribution in [1.82, 2.24) is 20.9 Å². The van der Waals surface area contributed by atoms with Crippen molar-refractivity contribution in [2.45, 2.75) is 13.5 Å². The Labute approximate surface area is 142 Å². The minimum Gasteiger partial charge on any atom is -0.467 e. The molecule has 0 spiro atoms. The Morgan fingerprint density at radius 1 is 1.29 bits per heavy atom. The second kappa shape index (κ2) is 10.7. The third-order valence-electron chi connectivity index (χ3n) is 3.59. The molecule has 0 aliphatic carbocycles. The minimum atomic E-state index is -0.142. The van der Waals surface area contributed by atoms with Crippen LogP contribution < -0.4 is 16.0 Å². The van der Waals surface area contributed by atoms with Crippen molar-refractivity contribution in [2.24, 2.45) is 4.99 Å². The summed E-state index contributed by atoms with van der Waals surface area (Å²) in [6, 6.07) is 3.61. The van der Waals surface area contributed by atoms with Gasteiger partial charge >= 0.3 is 0 Å². The normalized spacial score (nSPS) is 16.0. The molecule has 134 valence electrons. The molecule has 8 nitrogen and oxygen atoms in total. The van der Waals surface area contributed by atoms with Crippen LogP contribution >= 0.6 is 0 Å². The average Bonchev–Trinajstić information content (AvgIpc) is 3.12. The molecule has 8 heteroatoms. The molecule has 2 rings (SSSR count). The predicted molar refractivity (Wildman–Crippen MR) is 91.8 cm³/mol. The van der Waals surface area contributed by atoms with Gasteiger partial charge in [0.1, 0.15) is 12.3 Å². The lowest BCUT2D eigenvalue weighted by Gasteiger charge is -2.26. The Balaban J connectivity index is 1.67. The maximum absolute atomic E-state index is 11.8. The van der Waals surface area contributed by atoms with Crippen molar-refractivity contribution in [3.8, 4) is 0 Å². The lowest BCUT2D eigenvalue weighted by molar-refractivity contribution is -0.119. The zero-order valence-electron chi connectivity index (χ0n) is 14.2. The number of hydrogen-bond acceptors (Lipinski definition) is 5. The highest BCUT2D eigenvalue weighted by atomic mass is 16.5. The fraction of sp³-hybridized carbons (Fsp3) is 0.625. The Bertz CT molecular complexity index is 498. The van der Waals surface area contributed by atoms with Gasteiger partial charge < -0.3 is 25.1 Å². The summed E-state index contributed by atoms with van der Waals surface area (Å²) >= 11 is 0. The van der Waals surface area contributed by atoms with Crippen LogP contribution in [0.1, 0.15) is 12.7 Å². The molecule has 1 saturated heterocycles. The highest BCUT2D eigenvalue weighted by molar-refractivity contribution is 5.84. The second-order valence-electron chi connectivity index (χ2n) is 5.43. The van der Waals surface area contributed by atoms with E-state index in [0.29, 0.717) is 12.5 Å². The predicted octanol–water partition coefficient (Wildman–Crippen LogP) is -0.217. The smallest absolute Gasteiger partial charge is 0.242 e. The Morgan fingerprint density at radius 3 is 2.83 bits per heavy atom. The summed E-state index contributed by atoms with van der Waals surface area (Å²) in [6.45, 7) is 8.42. The van der Waals surface area contributed by atoms with Crippen LogP contribution in [0.5, 0.6) is 0 Å². The van der Waals surface area contributed by atoms with Crippen molar-refractivity contribution in [3.63, 3.8) is 0 Å². The molecule has 24 heavy (non-hydrogen) atoms. The van der Waals surface area contributed by atoms with Crippen LogP contribution in [0.15, 0.2) is 27.8 Å². The van der Waals surface area contributed by atoms with Crippen LogP contribution in [0.4, 0.5) is 0 Å². The molecule has 0 aromatic carbocycles. The topological polar surface area (TPSA) is 91.1 Å². The summed E-state index contributed by atoms with van der Waals surface area (Å²) in [5, 5.41) is 9.17. The summed E-state index contributed by atoms with van der Waals surface area (Å²) in [7, 11) is 0. The Kier molecular flexibility index (Phi) is 8.12. The van der Waals surface area contributed by atoms with E-state index >= 15 is 0 Å². The summed E-state index contributed by atoms with van der Waals surface area (Å²) in [5.74, 6) is 1.23. The van der Waals surface area contributed by atoms with Gasteiger partial charge in [0, 0.05) is 32.7 Å². The molecule has 1 fully saturated rings. The van der Waals surface area contributed by atoms with Crippen LogP contribution in [0, 0.1) is 0 Å². The molecule has 0 unspecified atom stereocenters. The molecule has 1 aliphatic rings. The summed E-state index contributed by atoms with van der Waals surface area (Å²) in [5.41, 5.74) is 0. The number of aliphatic imine (C=N–C) groups is 1. The first-order valence-corrected chi connectivity index (χ1v) is 8.39. The third-order valence-corrected chi connectivity index (χ3v) is 3.59.